The van der Waals surface area contributed by atoms with Crippen molar-refractivity contribution in [2.45, 2.75) is 52.1 Å². The Kier molecular flexibility index (Phi) is 5.26. The molecule has 1 rings (SSSR count). The molecule has 0 aromatic carbocycles. The predicted molar refractivity (Wildman–Crippen MR) is 60.6 cm³/mol. The summed E-state index contributed by atoms with van der Waals surface area (Å²) in [5, 5.41) is 9.75. The predicted octanol–water partition coefficient (Wildman–Crippen LogP) is 2.27. The highest BCUT2D eigenvalue weighted by atomic mass is 16.3. The van der Waals surface area contributed by atoms with Crippen LogP contribution in [0.4, 0.5) is 0 Å². The van der Waals surface area contributed by atoms with Crippen LogP contribution in [0.15, 0.2) is 12.4 Å². The number of nitrogens with zero attached hydrogens (tertiary/aromatic N) is 2. The fourth-order valence-corrected chi connectivity index (χ4v) is 1.59. The highest BCUT2D eigenvalue weighted by molar-refractivity contribution is 5.02. The molecule has 3 heteroatoms. The number of rotatable bonds is 6. The molecule has 0 fully saturated rings. The van der Waals surface area contributed by atoms with E-state index in [0.29, 0.717) is 6.42 Å². The number of hydrogen-bond donors (Lipinski definition) is 1. The van der Waals surface area contributed by atoms with Crippen LogP contribution in [0.5, 0.6) is 0 Å². The fourth-order valence-electron chi connectivity index (χ4n) is 1.59. The summed E-state index contributed by atoms with van der Waals surface area (Å²) < 4.78 is 0. The molecule has 84 valence electrons. The SMILES string of the molecule is CCCCCC(O)Cc1cncc(C)n1. The number of unbranched alkanes of at least 4 members (excludes halogenated alkanes) is 2. The Labute approximate surface area is 91.6 Å². The van der Waals surface area contributed by atoms with E-state index in [0.717, 1.165) is 24.2 Å². The second-order valence-electron chi connectivity index (χ2n) is 4.01. The summed E-state index contributed by atoms with van der Waals surface area (Å²) in [7, 11) is 0. The van der Waals surface area contributed by atoms with Crippen LogP contribution in [0.25, 0.3) is 0 Å². The third kappa shape index (κ3) is 4.88. The van der Waals surface area contributed by atoms with Gasteiger partial charge in [-0.2, -0.15) is 0 Å². The lowest BCUT2D eigenvalue weighted by molar-refractivity contribution is 0.160. The van der Waals surface area contributed by atoms with Crippen LogP contribution in [-0.4, -0.2) is 21.2 Å². The van der Waals surface area contributed by atoms with Crippen molar-refractivity contribution < 1.29 is 5.11 Å². The standard InChI is InChI=1S/C12H20N2O/c1-3-4-5-6-12(15)7-11-9-13-8-10(2)14-11/h8-9,12,15H,3-7H2,1-2H3. The molecule has 0 saturated heterocycles. The molecule has 0 aliphatic rings. The molecule has 1 unspecified atom stereocenters. The van der Waals surface area contributed by atoms with Crippen molar-refractivity contribution in [3.63, 3.8) is 0 Å². The van der Waals surface area contributed by atoms with Gasteiger partial charge in [0.15, 0.2) is 0 Å². The molecule has 0 aliphatic heterocycles. The van der Waals surface area contributed by atoms with Crippen molar-refractivity contribution in [2.24, 2.45) is 0 Å². The summed E-state index contributed by atoms with van der Waals surface area (Å²) in [6.07, 6.45) is 8.16. The van der Waals surface area contributed by atoms with Crippen LogP contribution in [0.2, 0.25) is 0 Å². The highest BCUT2D eigenvalue weighted by Gasteiger charge is 2.06. The van der Waals surface area contributed by atoms with Gasteiger partial charge in [0.2, 0.25) is 0 Å². The first kappa shape index (κ1) is 12.1. The molecular weight excluding hydrogens is 188 g/mol. The van der Waals surface area contributed by atoms with E-state index in [-0.39, 0.29) is 6.10 Å². The number of hydrogen-bond acceptors (Lipinski definition) is 3. The first-order valence-corrected chi connectivity index (χ1v) is 5.68. The smallest absolute Gasteiger partial charge is 0.0615 e. The number of aliphatic hydroxyl groups excluding tert-OH is 1. The lowest BCUT2D eigenvalue weighted by Gasteiger charge is -2.09. The van der Waals surface area contributed by atoms with Gasteiger partial charge in [0.25, 0.3) is 0 Å². The van der Waals surface area contributed by atoms with Gasteiger partial charge in [-0.25, -0.2) is 0 Å². The number of aliphatic hydroxyl groups is 1. The lowest BCUT2D eigenvalue weighted by Crippen LogP contribution is -2.11. The molecule has 1 heterocycles. The second-order valence-corrected chi connectivity index (χ2v) is 4.01. The maximum Gasteiger partial charge on any atom is 0.0615 e. The molecule has 0 radical (unpaired) electrons. The van der Waals surface area contributed by atoms with E-state index < -0.39 is 0 Å². The van der Waals surface area contributed by atoms with Crippen LogP contribution < -0.4 is 0 Å². The maximum atomic E-state index is 9.75. The Bertz CT molecular complexity index is 289. The average molecular weight is 208 g/mol. The molecule has 1 N–H and O–H groups in total. The molecule has 0 spiro atoms. The van der Waals surface area contributed by atoms with Gasteiger partial charge < -0.3 is 5.11 Å². The molecule has 0 amide bonds. The summed E-state index contributed by atoms with van der Waals surface area (Å²) in [6, 6.07) is 0. The van der Waals surface area contributed by atoms with Gasteiger partial charge in [-0.3, -0.25) is 9.97 Å². The minimum absolute atomic E-state index is 0.271. The van der Waals surface area contributed by atoms with Crippen molar-refractivity contribution in [2.75, 3.05) is 0 Å². The zero-order valence-electron chi connectivity index (χ0n) is 9.61. The van der Waals surface area contributed by atoms with E-state index in [9.17, 15) is 5.11 Å². The van der Waals surface area contributed by atoms with Gasteiger partial charge in [0.05, 0.1) is 17.5 Å². The first-order valence-electron chi connectivity index (χ1n) is 5.68. The van der Waals surface area contributed by atoms with Crippen molar-refractivity contribution in [1.29, 1.82) is 0 Å². The Morgan fingerprint density at radius 2 is 2.13 bits per heavy atom. The normalized spacial score (nSPS) is 12.7. The van der Waals surface area contributed by atoms with E-state index in [1.54, 1.807) is 12.4 Å². The molecule has 1 atom stereocenters. The van der Waals surface area contributed by atoms with Gasteiger partial charge in [-0.1, -0.05) is 26.2 Å². The monoisotopic (exact) mass is 208 g/mol. The molecule has 1 aromatic heterocycles. The highest BCUT2D eigenvalue weighted by Crippen LogP contribution is 2.07. The summed E-state index contributed by atoms with van der Waals surface area (Å²) in [5.74, 6) is 0. The van der Waals surface area contributed by atoms with Crippen molar-refractivity contribution in [1.82, 2.24) is 9.97 Å². The Balaban J connectivity index is 2.34. The summed E-state index contributed by atoms with van der Waals surface area (Å²) in [4.78, 5) is 8.38. The molecule has 0 saturated carbocycles. The molecule has 1 aromatic rings. The third-order valence-electron chi connectivity index (χ3n) is 2.39. The van der Waals surface area contributed by atoms with Crippen LogP contribution in [0.1, 0.15) is 44.0 Å². The Hall–Kier alpha value is -0.960. The molecular formula is C12H20N2O. The number of aromatic nitrogens is 2. The number of aryl methyl sites for hydroxylation is 1. The topological polar surface area (TPSA) is 46.0 Å². The van der Waals surface area contributed by atoms with Crippen LogP contribution in [-0.2, 0) is 6.42 Å². The minimum atomic E-state index is -0.271. The van der Waals surface area contributed by atoms with Crippen molar-refractivity contribution in [3.05, 3.63) is 23.8 Å². The van der Waals surface area contributed by atoms with E-state index in [1.165, 1.54) is 12.8 Å². The third-order valence-corrected chi connectivity index (χ3v) is 2.39. The molecule has 0 aliphatic carbocycles. The summed E-state index contributed by atoms with van der Waals surface area (Å²) in [5.41, 5.74) is 1.80. The maximum absolute atomic E-state index is 9.75. The fraction of sp³-hybridized carbons (Fsp3) is 0.667. The zero-order valence-corrected chi connectivity index (χ0v) is 9.61. The molecule has 0 bridgehead atoms. The van der Waals surface area contributed by atoms with Gasteiger partial charge >= 0.3 is 0 Å². The van der Waals surface area contributed by atoms with E-state index in [2.05, 4.69) is 16.9 Å². The lowest BCUT2D eigenvalue weighted by atomic mass is 10.1. The quantitative estimate of drug-likeness (QED) is 0.729. The molecule has 15 heavy (non-hydrogen) atoms. The average Bonchev–Trinajstić information content (AvgIpc) is 2.18. The van der Waals surface area contributed by atoms with Crippen LogP contribution >= 0.6 is 0 Å². The second kappa shape index (κ2) is 6.51. The largest absolute Gasteiger partial charge is 0.393 e. The van der Waals surface area contributed by atoms with E-state index >= 15 is 0 Å². The van der Waals surface area contributed by atoms with Crippen LogP contribution in [0.3, 0.4) is 0 Å². The van der Waals surface area contributed by atoms with Gasteiger partial charge in [0.1, 0.15) is 0 Å². The van der Waals surface area contributed by atoms with Gasteiger partial charge in [0, 0.05) is 18.8 Å². The Morgan fingerprint density at radius 1 is 1.33 bits per heavy atom. The first-order chi connectivity index (χ1) is 7.22. The van der Waals surface area contributed by atoms with Crippen molar-refractivity contribution in [3.8, 4) is 0 Å². The van der Waals surface area contributed by atoms with Crippen LogP contribution in [0, 0.1) is 6.92 Å². The summed E-state index contributed by atoms with van der Waals surface area (Å²) >= 11 is 0. The minimum Gasteiger partial charge on any atom is -0.393 e. The van der Waals surface area contributed by atoms with Gasteiger partial charge in [-0.15, -0.1) is 0 Å². The molecule has 3 nitrogen and oxygen atoms in total. The Morgan fingerprint density at radius 3 is 2.80 bits per heavy atom. The van der Waals surface area contributed by atoms with Crippen molar-refractivity contribution >= 4 is 0 Å². The summed E-state index contributed by atoms with van der Waals surface area (Å²) in [6.45, 7) is 4.08. The van der Waals surface area contributed by atoms with Gasteiger partial charge in [-0.05, 0) is 13.3 Å². The van der Waals surface area contributed by atoms with E-state index in [1.807, 2.05) is 6.92 Å². The van der Waals surface area contributed by atoms with E-state index in [4.69, 9.17) is 0 Å². The zero-order chi connectivity index (χ0) is 11.1.